The van der Waals surface area contributed by atoms with Crippen molar-refractivity contribution in [1.29, 1.82) is 0 Å². The van der Waals surface area contributed by atoms with Crippen molar-refractivity contribution in [2.75, 3.05) is 37.9 Å². The fourth-order valence-corrected chi connectivity index (χ4v) is 1.94. The molecule has 1 N–H and O–H groups in total. The van der Waals surface area contributed by atoms with Gasteiger partial charge in [0.2, 0.25) is 5.91 Å². The van der Waals surface area contributed by atoms with Gasteiger partial charge in [0, 0.05) is 32.5 Å². The van der Waals surface area contributed by atoms with Crippen LogP contribution in [0.3, 0.4) is 0 Å². The Hall–Kier alpha value is -2.90. The Kier molecular flexibility index (Phi) is 4.11. The van der Waals surface area contributed by atoms with Crippen LogP contribution in [0.4, 0.5) is 16.2 Å². The second-order valence-corrected chi connectivity index (χ2v) is 5.03. The molecule has 0 aliphatic carbocycles. The highest BCUT2D eigenvalue weighted by atomic mass is 16.2. The van der Waals surface area contributed by atoms with Gasteiger partial charge in [-0.3, -0.25) is 19.3 Å². The lowest BCUT2D eigenvalue weighted by Gasteiger charge is -2.14. The molecular weight excluding hydrogens is 288 g/mol. The summed E-state index contributed by atoms with van der Waals surface area (Å²) in [7, 11) is 4.98. The number of nitrogens with one attached hydrogen (secondary N) is 1. The molecule has 1 fully saturated rings. The lowest BCUT2D eigenvalue weighted by molar-refractivity contribution is -0.143. The van der Waals surface area contributed by atoms with Crippen LogP contribution in [0.1, 0.15) is 0 Å². The maximum absolute atomic E-state index is 11.9. The minimum Gasteiger partial charge on any atom is -0.378 e. The van der Waals surface area contributed by atoms with Crippen molar-refractivity contribution in [1.82, 2.24) is 9.80 Å². The molecular formula is C14H16N4O4. The smallest absolute Gasteiger partial charge is 0.334 e. The third-order valence-corrected chi connectivity index (χ3v) is 3.22. The van der Waals surface area contributed by atoms with Crippen LogP contribution in [0.5, 0.6) is 0 Å². The molecule has 0 aromatic heterocycles. The molecule has 0 saturated carbocycles. The average Bonchev–Trinajstić information content (AvgIpc) is 2.65. The van der Waals surface area contributed by atoms with Gasteiger partial charge in [-0.25, -0.2) is 9.69 Å². The molecule has 1 heterocycles. The van der Waals surface area contributed by atoms with Crippen molar-refractivity contribution in [3.8, 4) is 0 Å². The first-order valence-electron chi connectivity index (χ1n) is 6.52. The van der Waals surface area contributed by atoms with Gasteiger partial charge in [0.05, 0.1) is 0 Å². The summed E-state index contributed by atoms with van der Waals surface area (Å²) in [6, 6.07) is 6.25. The normalized spacial score (nSPS) is 14.6. The predicted molar refractivity (Wildman–Crippen MR) is 79.3 cm³/mol. The lowest BCUT2D eigenvalue weighted by atomic mass is 10.2. The summed E-state index contributed by atoms with van der Waals surface area (Å²) in [4.78, 5) is 49.7. The third kappa shape index (κ3) is 2.90. The molecule has 22 heavy (non-hydrogen) atoms. The van der Waals surface area contributed by atoms with Gasteiger partial charge in [-0.2, -0.15) is 0 Å². The van der Waals surface area contributed by atoms with Crippen molar-refractivity contribution < 1.29 is 19.2 Å². The van der Waals surface area contributed by atoms with E-state index in [0.717, 1.165) is 5.69 Å². The van der Waals surface area contributed by atoms with Gasteiger partial charge < -0.3 is 10.2 Å². The number of carbonyl (C=O) groups is 4. The number of urea groups is 1. The van der Waals surface area contributed by atoms with Crippen LogP contribution in [0.15, 0.2) is 24.3 Å². The van der Waals surface area contributed by atoms with Crippen LogP contribution < -0.4 is 10.2 Å². The molecule has 1 aromatic rings. The maximum Gasteiger partial charge on any atom is 0.334 e. The number of imide groups is 2. The van der Waals surface area contributed by atoms with Crippen molar-refractivity contribution in [2.45, 2.75) is 0 Å². The Balaban J connectivity index is 2.00. The number of hydrogen-bond donors (Lipinski definition) is 1. The van der Waals surface area contributed by atoms with Gasteiger partial charge in [-0.15, -0.1) is 0 Å². The zero-order chi connectivity index (χ0) is 16.4. The van der Waals surface area contributed by atoms with Crippen molar-refractivity contribution in [3.05, 3.63) is 24.3 Å². The summed E-state index contributed by atoms with van der Waals surface area (Å²) in [5, 5.41) is 2.57. The lowest BCUT2D eigenvalue weighted by Crippen LogP contribution is -2.38. The Morgan fingerprint density at radius 2 is 1.68 bits per heavy atom. The van der Waals surface area contributed by atoms with E-state index in [4.69, 9.17) is 0 Å². The standard InChI is InChI=1S/C14H16N4O4/c1-16(2)10-6-4-9(5-7-10)15-11(19)8-18-13(21)12(20)17(3)14(18)22/h4-7H,8H2,1-3H3,(H,15,19). The van der Waals surface area contributed by atoms with Crippen molar-refractivity contribution in [3.63, 3.8) is 0 Å². The summed E-state index contributed by atoms with van der Waals surface area (Å²) in [5.41, 5.74) is 1.50. The molecule has 0 spiro atoms. The predicted octanol–water partition coefficient (Wildman–Crippen LogP) is 0.112. The van der Waals surface area contributed by atoms with Crippen LogP contribution in [-0.4, -0.2) is 61.2 Å². The fraction of sp³-hybridized carbons (Fsp3) is 0.286. The van der Waals surface area contributed by atoms with Gasteiger partial charge in [-0.1, -0.05) is 0 Å². The minimum absolute atomic E-state index is 0.497. The summed E-state index contributed by atoms with van der Waals surface area (Å²) >= 11 is 0. The highest BCUT2D eigenvalue weighted by Gasteiger charge is 2.42. The number of anilines is 2. The number of rotatable bonds is 4. The van der Waals surface area contributed by atoms with E-state index in [2.05, 4.69) is 5.32 Å². The zero-order valence-corrected chi connectivity index (χ0v) is 12.5. The maximum atomic E-state index is 11.9. The van der Waals surface area contributed by atoms with E-state index in [1.807, 2.05) is 31.1 Å². The zero-order valence-electron chi connectivity index (χ0n) is 12.5. The molecule has 1 saturated heterocycles. The van der Waals surface area contributed by atoms with Gasteiger partial charge >= 0.3 is 17.8 Å². The van der Waals surface area contributed by atoms with Crippen molar-refractivity contribution in [2.24, 2.45) is 0 Å². The SMILES string of the molecule is CN1C(=O)C(=O)N(CC(=O)Nc2ccc(N(C)C)cc2)C1=O. The molecule has 0 radical (unpaired) electrons. The largest absolute Gasteiger partial charge is 0.378 e. The molecule has 0 bridgehead atoms. The van der Waals surface area contributed by atoms with E-state index in [0.29, 0.717) is 15.5 Å². The second kappa shape index (κ2) is 5.84. The van der Waals surface area contributed by atoms with Crippen LogP contribution in [-0.2, 0) is 14.4 Å². The average molecular weight is 304 g/mol. The summed E-state index contributed by atoms with van der Waals surface area (Å²) in [5.74, 6) is -2.49. The first-order valence-corrected chi connectivity index (χ1v) is 6.52. The fourth-order valence-electron chi connectivity index (χ4n) is 1.94. The highest BCUT2D eigenvalue weighted by Crippen LogP contribution is 2.16. The van der Waals surface area contributed by atoms with Gasteiger partial charge in [0.25, 0.3) is 0 Å². The van der Waals surface area contributed by atoms with Gasteiger partial charge in [-0.05, 0) is 24.3 Å². The van der Waals surface area contributed by atoms with E-state index in [-0.39, 0.29) is 0 Å². The molecule has 8 heteroatoms. The summed E-state index contributed by atoms with van der Waals surface area (Å²) in [6.45, 7) is -0.497. The molecule has 0 atom stereocenters. The number of carbonyl (C=O) groups excluding carboxylic acids is 4. The number of amides is 5. The molecule has 2 rings (SSSR count). The Labute approximate surface area is 127 Å². The van der Waals surface area contributed by atoms with Crippen LogP contribution in [0, 0.1) is 0 Å². The molecule has 0 unspecified atom stereocenters. The minimum atomic E-state index is -0.995. The van der Waals surface area contributed by atoms with E-state index >= 15 is 0 Å². The van der Waals surface area contributed by atoms with Gasteiger partial charge in [0.1, 0.15) is 6.54 Å². The summed E-state index contributed by atoms with van der Waals surface area (Å²) in [6.07, 6.45) is 0. The Morgan fingerprint density at radius 3 is 2.14 bits per heavy atom. The van der Waals surface area contributed by atoms with Crippen LogP contribution >= 0.6 is 0 Å². The second-order valence-electron chi connectivity index (χ2n) is 5.03. The Morgan fingerprint density at radius 1 is 1.09 bits per heavy atom. The number of benzene rings is 1. The molecule has 116 valence electrons. The van der Waals surface area contributed by atoms with E-state index < -0.39 is 30.3 Å². The highest BCUT2D eigenvalue weighted by molar-refractivity contribution is 6.44. The van der Waals surface area contributed by atoms with Crippen molar-refractivity contribution >= 4 is 35.1 Å². The van der Waals surface area contributed by atoms with E-state index in [1.165, 1.54) is 7.05 Å². The number of likely N-dealkylation sites (N-methyl/N-ethyl adjacent to an activating group) is 1. The topological polar surface area (TPSA) is 90.0 Å². The summed E-state index contributed by atoms with van der Waals surface area (Å²) < 4.78 is 0. The number of hydrogen-bond acceptors (Lipinski definition) is 5. The molecule has 5 amide bonds. The quantitative estimate of drug-likeness (QED) is 0.630. The van der Waals surface area contributed by atoms with Crippen LogP contribution in [0.25, 0.3) is 0 Å². The molecule has 8 nitrogen and oxygen atoms in total. The number of nitrogens with zero attached hydrogens (tertiary/aromatic N) is 3. The molecule has 1 aromatic carbocycles. The third-order valence-electron chi connectivity index (χ3n) is 3.22. The van der Waals surface area contributed by atoms with Gasteiger partial charge in [0.15, 0.2) is 0 Å². The van der Waals surface area contributed by atoms with Crippen LogP contribution in [0.2, 0.25) is 0 Å². The first-order chi connectivity index (χ1) is 10.3. The first kappa shape index (κ1) is 15.5. The van der Waals surface area contributed by atoms with E-state index in [9.17, 15) is 19.2 Å². The monoisotopic (exact) mass is 304 g/mol. The molecule has 1 aliphatic heterocycles. The molecule has 1 aliphatic rings. The van der Waals surface area contributed by atoms with E-state index in [1.54, 1.807) is 12.1 Å². The Bertz CT molecular complexity index is 639.